The summed E-state index contributed by atoms with van der Waals surface area (Å²) >= 11 is 0. The maximum Gasteiger partial charge on any atom is 0.490 e. The highest BCUT2D eigenvalue weighted by atomic mass is 19.4. The van der Waals surface area contributed by atoms with E-state index in [-0.39, 0.29) is 0 Å². The Kier molecular flexibility index (Phi) is 5.61. The monoisotopic (exact) mass is 364 g/mol. The number of H-pyrrole nitrogens is 1. The van der Waals surface area contributed by atoms with Gasteiger partial charge in [0.1, 0.15) is 5.82 Å². The Labute approximate surface area is 146 Å². The fourth-order valence-corrected chi connectivity index (χ4v) is 2.09. The SMILES string of the molecule is Cc1ccc(-c2cccc(-c3ccn[nH]3)c2)c(N)n1.O=C(O)C(F)(F)F. The Morgan fingerprint density at radius 3 is 2.35 bits per heavy atom. The second-order valence-corrected chi connectivity index (χ2v) is 5.24. The highest BCUT2D eigenvalue weighted by Crippen LogP contribution is 2.28. The average Bonchev–Trinajstić information content (AvgIpc) is 3.09. The van der Waals surface area contributed by atoms with Crippen molar-refractivity contribution in [1.82, 2.24) is 15.2 Å². The third kappa shape index (κ3) is 4.82. The van der Waals surface area contributed by atoms with Gasteiger partial charge in [-0.2, -0.15) is 18.3 Å². The molecule has 0 radical (unpaired) electrons. The lowest BCUT2D eigenvalue weighted by atomic mass is 10.0. The van der Waals surface area contributed by atoms with Crippen molar-refractivity contribution in [3.05, 3.63) is 54.4 Å². The Balaban J connectivity index is 0.000000298. The quantitative estimate of drug-likeness (QED) is 0.644. The molecule has 6 nitrogen and oxygen atoms in total. The van der Waals surface area contributed by atoms with Crippen LogP contribution >= 0.6 is 0 Å². The minimum absolute atomic E-state index is 0.557. The summed E-state index contributed by atoms with van der Waals surface area (Å²) < 4.78 is 31.7. The van der Waals surface area contributed by atoms with E-state index in [1.165, 1.54) is 0 Å². The lowest BCUT2D eigenvalue weighted by Gasteiger charge is -2.07. The molecule has 4 N–H and O–H groups in total. The molecule has 0 aliphatic carbocycles. The number of nitrogens with zero attached hydrogens (tertiary/aromatic N) is 2. The summed E-state index contributed by atoms with van der Waals surface area (Å²) in [6.45, 7) is 1.93. The lowest BCUT2D eigenvalue weighted by molar-refractivity contribution is -0.192. The highest BCUT2D eigenvalue weighted by Gasteiger charge is 2.38. The van der Waals surface area contributed by atoms with Gasteiger partial charge in [0.05, 0.1) is 5.69 Å². The number of carboxylic acid groups (broad SMARTS) is 1. The van der Waals surface area contributed by atoms with Gasteiger partial charge in [-0.1, -0.05) is 18.2 Å². The number of halogens is 3. The average molecular weight is 364 g/mol. The number of nitrogens with two attached hydrogens (primary N) is 1. The topological polar surface area (TPSA) is 105 Å². The van der Waals surface area contributed by atoms with Gasteiger partial charge in [-0.25, -0.2) is 9.78 Å². The first-order chi connectivity index (χ1) is 12.2. The van der Waals surface area contributed by atoms with Gasteiger partial charge in [0.2, 0.25) is 0 Å². The van der Waals surface area contributed by atoms with E-state index in [0.29, 0.717) is 5.82 Å². The van der Waals surface area contributed by atoms with Gasteiger partial charge >= 0.3 is 12.1 Å². The molecular weight excluding hydrogens is 349 g/mol. The van der Waals surface area contributed by atoms with Gasteiger partial charge in [-0.05, 0) is 36.8 Å². The van der Waals surface area contributed by atoms with Gasteiger partial charge in [-0.15, -0.1) is 0 Å². The number of nitrogens with one attached hydrogen (secondary N) is 1. The number of aliphatic carboxylic acids is 1. The second-order valence-electron chi connectivity index (χ2n) is 5.24. The number of aromatic amines is 1. The van der Waals surface area contributed by atoms with Crippen LogP contribution in [0.2, 0.25) is 0 Å². The number of hydrogen-bond donors (Lipinski definition) is 3. The molecule has 0 aliphatic rings. The van der Waals surface area contributed by atoms with Crippen molar-refractivity contribution in [3.8, 4) is 22.4 Å². The summed E-state index contributed by atoms with van der Waals surface area (Å²) in [6.07, 6.45) is -3.34. The maximum absolute atomic E-state index is 10.6. The molecule has 0 saturated heterocycles. The Bertz CT molecular complexity index is 893. The van der Waals surface area contributed by atoms with E-state index in [4.69, 9.17) is 15.6 Å². The normalized spacial score (nSPS) is 10.8. The van der Waals surface area contributed by atoms with Crippen molar-refractivity contribution in [1.29, 1.82) is 0 Å². The van der Waals surface area contributed by atoms with Gasteiger partial charge < -0.3 is 10.8 Å². The lowest BCUT2D eigenvalue weighted by Crippen LogP contribution is -2.21. The number of aromatic nitrogens is 3. The van der Waals surface area contributed by atoms with Gasteiger partial charge in [0.25, 0.3) is 0 Å². The fraction of sp³-hybridized carbons (Fsp3) is 0.118. The summed E-state index contributed by atoms with van der Waals surface area (Å²) in [7, 11) is 0. The molecule has 9 heteroatoms. The van der Waals surface area contributed by atoms with E-state index in [9.17, 15) is 13.2 Å². The maximum atomic E-state index is 10.6. The summed E-state index contributed by atoms with van der Waals surface area (Å²) in [5.74, 6) is -2.20. The number of anilines is 1. The third-order valence-corrected chi connectivity index (χ3v) is 3.29. The van der Waals surface area contributed by atoms with Crippen LogP contribution in [0, 0.1) is 6.92 Å². The molecule has 3 aromatic rings. The number of carboxylic acids is 1. The van der Waals surface area contributed by atoms with E-state index in [1.54, 1.807) is 6.20 Å². The molecule has 0 atom stereocenters. The Morgan fingerprint density at radius 1 is 1.15 bits per heavy atom. The van der Waals surface area contributed by atoms with Crippen molar-refractivity contribution < 1.29 is 23.1 Å². The van der Waals surface area contributed by atoms with Crippen LogP contribution in [-0.2, 0) is 4.79 Å². The van der Waals surface area contributed by atoms with Crippen LogP contribution in [0.4, 0.5) is 19.0 Å². The molecular formula is C17H15F3N4O2. The van der Waals surface area contributed by atoms with E-state index >= 15 is 0 Å². The Hall–Kier alpha value is -3.36. The van der Waals surface area contributed by atoms with Gasteiger partial charge in [0.15, 0.2) is 0 Å². The molecule has 2 heterocycles. The van der Waals surface area contributed by atoms with E-state index in [1.807, 2.05) is 43.3 Å². The molecule has 26 heavy (non-hydrogen) atoms. The summed E-state index contributed by atoms with van der Waals surface area (Å²) in [5.41, 5.74) is 11.0. The molecule has 1 aromatic carbocycles. The number of hydrogen-bond acceptors (Lipinski definition) is 4. The first-order valence-corrected chi connectivity index (χ1v) is 7.32. The van der Waals surface area contributed by atoms with Crippen molar-refractivity contribution in [2.75, 3.05) is 5.73 Å². The molecule has 2 aromatic heterocycles. The molecule has 0 spiro atoms. The molecule has 0 fully saturated rings. The molecule has 0 amide bonds. The predicted octanol–water partition coefficient (Wildman–Crippen LogP) is 3.66. The zero-order valence-corrected chi connectivity index (χ0v) is 13.6. The number of pyridine rings is 1. The van der Waals surface area contributed by atoms with E-state index in [2.05, 4.69) is 21.2 Å². The molecule has 0 unspecified atom stereocenters. The van der Waals surface area contributed by atoms with E-state index < -0.39 is 12.1 Å². The number of nitrogen functional groups attached to an aromatic ring is 1. The number of rotatable bonds is 2. The predicted molar refractivity (Wildman–Crippen MR) is 90.1 cm³/mol. The first-order valence-electron chi connectivity index (χ1n) is 7.32. The molecule has 0 saturated carbocycles. The van der Waals surface area contributed by atoms with Crippen LogP contribution in [0.25, 0.3) is 22.4 Å². The smallest absolute Gasteiger partial charge is 0.475 e. The minimum Gasteiger partial charge on any atom is -0.475 e. The summed E-state index contributed by atoms with van der Waals surface area (Å²) in [6, 6.07) is 14.1. The fourth-order valence-electron chi connectivity index (χ4n) is 2.09. The number of benzene rings is 1. The number of alkyl halides is 3. The standard InChI is InChI=1S/C15H14N4.C2HF3O2/c1-10-5-6-13(15(16)18-10)11-3-2-4-12(9-11)14-7-8-17-19-14;3-2(4,5)1(6)7/h2-9H,1H3,(H2,16,18)(H,17,19);(H,6,7). The van der Waals surface area contributed by atoms with Crippen LogP contribution in [-0.4, -0.2) is 32.4 Å². The zero-order valence-electron chi connectivity index (χ0n) is 13.6. The van der Waals surface area contributed by atoms with Gasteiger partial charge in [0, 0.05) is 23.0 Å². The van der Waals surface area contributed by atoms with Crippen LogP contribution < -0.4 is 5.73 Å². The van der Waals surface area contributed by atoms with Crippen molar-refractivity contribution in [2.45, 2.75) is 13.1 Å². The largest absolute Gasteiger partial charge is 0.490 e. The number of aryl methyl sites for hydroxylation is 1. The van der Waals surface area contributed by atoms with Crippen molar-refractivity contribution in [2.24, 2.45) is 0 Å². The molecule has 0 aliphatic heterocycles. The molecule has 3 rings (SSSR count). The van der Waals surface area contributed by atoms with Crippen LogP contribution in [0.5, 0.6) is 0 Å². The Morgan fingerprint density at radius 2 is 1.81 bits per heavy atom. The summed E-state index contributed by atoms with van der Waals surface area (Å²) in [5, 5.41) is 14.1. The van der Waals surface area contributed by atoms with Crippen LogP contribution in [0.15, 0.2) is 48.7 Å². The first kappa shape index (κ1) is 19.0. The molecule has 0 bridgehead atoms. The van der Waals surface area contributed by atoms with Crippen LogP contribution in [0.3, 0.4) is 0 Å². The summed E-state index contributed by atoms with van der Waals surface area (Å²) in [4.78, 5) is 13.2. The minimum atomic E-state index is -5.08. The van der Waals surface area contributed by atoms with Crippen LogP contribution in [0.1, 0.15) is 5.69 Å². The second kappa shape index (κ2) is 7.68. The van der Waals surface area contributed by atoms with E-state index in [0.717, 1.165) is 28.1 Å². The van der Waals surface area contributed by atoms with Crippen molar-refractivity contribution >= 4 is 11.8 Å². The number of carbonyl (C=O) groups is 1. The molecule has 136 valence electrons. The van der Waals surface area contributed by atoms with Crippen molar-refractivity contribution in [3.63, 3.8) is 0 Å². The third-order valence-electron chi connectivity index (χ3n) is 3.29. The van der Waals surface area contributed by atoms with Gasteiger partial charge in [-0.3, -0.25) is 5.10 Å². The zero-order chi connectivity index (χ0) is 19.3. The highest BCUT2D eigenvalue weighted by molar-refractivity contribution is 5.77.